The summed E-state index contributed by atoms with van der Waals surface area (Å²) in [6, 6.07) is 9.23. The fourth-order valence-electron chi connectivity index (χ4n) is 3.50. The van der Waals surface area contributed by atoms with E-state index in [1.807, 2.05) is 6.07 Å². The van der Waals surface area contributed by atoms with Crippen LogP contribution in [0.1, 0.15) is 44.0 Å². The Labute approximate surface area is 186 Å². The molecule has 0 saturated heterocycles. The number of nitrogens with zero attached hydrogens (tertiary/aromatic N) is 2. The van der Waals surface area contributed by atoms with Crippen LogP contribution in [0, 0.1) is 22.7 Å². The Bertz CT molecular complexity index is 959. The van der Waals surface area contributed by atoms with Gasteiger partial charge in [0.05, 0.1) is 27.0 Å². The molecule has 1 aromatic carbocycles. The van der Waals surface area contributed by atoms with Crippen LogP contribution < -0.4 is 5.32 Å². The highest BCUT2D eigenvalue weighted by molar-refractivity contribution is 8.00. The number of nitrogens with one attached hydrogen (secondary N) is 1. The predicted molar refractivity (Wildman–Crippen MR) is 120 cm³/mol. The van der Waals surface area contributed by atoms with Gasteiger partial charge >= 0.3 is 0 Å². The Morgan fingerprint density at radius 1 is 1.34 bits per heavy atom. The highest BCUT2D eigenvalue weighted by Gasteiger charge is 2.30. The van der Waals surface area contributed by atoms with Crippen molar-refractivity contribution in [1.82, 2.24) is 4.98 Å². The number of hydrogen-bond acceptors (Lipinski definition) is 4. The lowest BCUT2D eigenvalue weighted by Crippen LogP contribution is -2.27. The minimum atomic E-state index is -0.249. The standard InChI is InChI=1S/C22H23Cl2N3OS/c1-22(2,3)15-7-8-18-13(10-15)9-14(11-25)21(26-18)29-12-19(28)27-20-16(23)5-4-6-17(20)24/h4-6,9,15H,7-8,10,12H2,1-3H3,(H,27,28)/t15-/m1/s1. The van der Waals surface area contributed by atoms with Crippen molar-refractivity contribution in [3.63, 3.8) is 0 Å². The SMILES string of the molecule is CC(C)(C)[C@@H]1CCc2nc(SCC(=O)Nc3c(Cl)cccc3Cl)c(C#N)cc2C1. The number of carbonyl (C=O) groups is 1. The number of hydrogen-bond donors (Lipinski definition) is 1. The maximum atomic E-state index is 12.4. The van der Waals surface area contributed by atoms with Crippen LogP contribution in [-0.4, -0.2) is 16.6 Å². The van der Waals surface area contributed by atoms with Gasteiger partial charge in [-0.2, -0.15) is 5.26 Å². The number of thioether (sulfide) groups is 1. The fraction of sp³-hybridized carbons (Fsp3) is 0.409. The van der Waals surface area contributed by atoms with Crippen molar-refractivity contribution in [2.45, 2.75) is 45.1 Å². The van der Waals surface area contributed by atoms with E-state index in [1.54, 1.807) is 18.2 Å². The average molecular weight is 448 g/mol. The molecule has 0 bridgehead atoms. The third kappa shape index (κ3) is 5.25. The van der Waals surface area contributed by atoms with E-state index >= 15 is 0 Å². The number of pyridine rings is 1. The molecule has 1 N–H and O–H groups in total. The number of carbonyl (C=O) groups excluding carboxylic acids is 1. The summed E-state index contributed by atoms with van der Waals surface area (Å²) in [6.07, 6.45) is 2.93. The zero-order valence-electron chi connectivity index (χ0n) is 16.7. The number of aryl methyl sites for hydroxylation is 1. The first-order valence-corrected chi connectivity index (χ1v) is 11.2. The monoisotopic (exact) mass is 447 g/mol. The summed E-state index contributed by atoms with van der Waals surface area (Å²) < 4.78 is 0. The van der Waals surface area contributed by atoms with Crippen LogP contribution in [0.3, 0.4) is 0 Å². The van der Waals surface area contributed by atoms with E-state index in [0.29, 0.717) is 32.2 Å². The number of aromatic nitrogens is 1. The second kappa shape index (κ2) is 8.95. The van der Waals surface area contributed by atoms with Gasteiger partial charge in [0.1, 0.15) is 11.1 Å². The molecule has 0 radical (unpaired) electrons. The van der Waals surface area contributed by atoms with Crippen molar-refractivity contribution in [2.75, 3.05) is 11.1 Å². The van der Waals surface area contributed by atoms with Gasteiger partial charge in [-0.25, -0.2) is 4.98 Å². The zero-order valence-corrected chi connectivity index (χ0v) is 19.0. The molecule has 152 valence electrons. The molecule has 1 aliphatic rings. The lowest BCUT2D eigenvalue weighted by Gasteiger charge is -2.34. The normalized spacial score (nSPS) is 16.1. The van der Waals surface area contributed by atoms with Crippen molar-refractivity contribution in [1.29, 1.82) is 5.26 Å². The summed E-state index contributed by atoms with van der Waals surface area (Å²) >= 11 is 13.5. The average Bonchev–Trinajstić information content (AvgIpc) is 2.67. The van der Waals surface area contributed by atoms with Crippen molar-refractivity contribution in [3.8, 4) is 6.07 Å². The minimum absolute atomic E-state index is 0.118. The van der Waals surface area contributed by atoms with Gasteiger partial charge < -0.3 is 5.32 Å². The van der Waals surface area contributed by atoms with Gasteiger partial charge in [-0.3, -0.25) is 4.79 Å². The molecular weight excluding hydrogens is 425 g/mol. The first kappa shape index (κ1) is 22.0. The molecule has 29 heavy (non-hydrogen) atoms. The van der Waals surface area contributed by atoms with E-state index in [0.717, 1.165) is 30.5 Å². The van der Waals surface area contributed by atoms with Gasteiger partial charge in [-0.1, -0.05) is 61.8 Å². The predicted octanol–water partition coefficient (Wildman–Crippen LogP) is 6.14. The third-order valence-electron chi connectivity index (χ3n) is 5.26. The first-order valence-electron chi connectivity index (χ1n) is 9.48. The highest BCUT2D eigenvalue weighted by atomic mass is 35.5. The van der Waals surface area contributed by atoms with E-state index in [1.165, 1.54) is 11.8 Å². The van der Waals surface area contributed by atoms with Crippen molar-refractivity contribution < 1.29 is 4.79 Å². The maximum absolute atomic E-state index is 12.4. The van der Waals surface area contributed by atoms with E-state index < -0.39 is 0 Å². The summed E-state index contributed by atoms with van der Waals surface area (Å²) in [5.41, 5.74) is 3.35. The van der Waals surface area contributed by atoms with Gasteiger partial charge in [0.25, 0.3) is 0 Å². The Morgan fingerprint density at radius 2 is 2.03 bits per heavy atom. The van der Waals surface area contributed by atoms with Gasteiger partial charge in [0, 0.05) is 5.69 Å². The maximum Gasteiger partial charge on any atom is 0.234 e. The number of benzene rings is 1. The van der Waals surface area contributed by atoms with Gasteiger partial charge in [-0.15, -0.1) is 0 Å². The quantitative estimate of drug-likeness (QED) is 0.571. The number of nitriles is 1. The Balaban J connectivity index is 1.72. The molecule has 1 heterocycles. The van der Waals surface area contributed by atoms with Gasteiger partial charge in [-0.05, 0) is 54.4 Å². The fourth-order valence-corrected chi connectivity index (χ4v) is 4.77. The number of rotatable bonds is 4. The Hall–Kier alpha value is -1.74. The number of amides is 1. The van der Waals surface area contributed by atoms with Crippen LogP contribution in [0.15, 0.2) is 29.3 Å². The largest absolute Gasteiger partial charge is 0.323 e. The highest BCUT2D eigenvalue weighted by Crippen LogP contribution is 2.38. The summed E-state index contributed by atoms with van der Waals surface area (Å²) in [5, 5.41) is 13.7. The summed E-state index contributed by atoms with van der Waals surface area (Å²) in [4.78, 5) is 17.1. The van der Waals surface area contributed by atoms with Crippen LogP contribution >= 0.6 is 35.0 Å². The number of anilines is 1. The van der Waals surface area contributed by atoms with Gasteiger partial charge in [0.2, 0.25) is 5.91 Å². The third-order valence-corrected chi connectivity index (χ3v) is 6.89. The second-order valence-corrected chi connectivity index (χ2v) is 10.1. The smallest absolute Gasteiger partial charge is 0.234 e. The summed E-state index contributed by atoms with van der Waals surface area (Å²) in [7, 11) is 0. The second-order valence-electron chi connectivity index (χ2n) is 8.30. The van der Waals surface area contributed by atoms with E-state index in [4.69, 9.17) is 28.2 Å². The molecule has 1 atom stereocenters. The molecule has 4 nitrogen and oxygen atoms in total. The van der Waals surface area contributed by atoms with E-state index in [2.05, 4.69) is 32.2 Å². The summed E-state index contributed by atoms with van der Waals surface area (Å²) in [6.45, 7) is 6.78. The minimum Gasteiger partial charge on any atom is -0.323 e. The van der Waals surface area contributed by atoms with Crippen LogP contribution in [0.5, 0.6) is 0 Å². The topological polar surface area (TPSA) is 65.8 Å². The lowest BCUT2D eigenvalue weighted by molar-refractivity contribution is -0.113. The first-order chi connectivity index (χ1) is 13.7. The van der Waals surface area contributed by atoms with Crippen molar-refractivity contribution in [2.24, 2.45) is 11.3 Å². The molecule has 1 aliphatic carbocycles. The molecule has 0 fully saturated rings. The van der Waals surface area contributed by atoms with Crippen molar-refractivity contribution >= 4 is 46.6 Å². The molecule has 0 spiro atoms. The Morgan fingerprint density at radius 3 is 2.66 bits per heavy atom. The van der Waals surface area contributed by atoms with Crippen LogP contribution in [0.4, 0.5) is 5.69 Å². The van der Waals surface area contributed by atoms with Crippen LogP contribution in [0.25, 0.3) is 0 Å². The molecule has 0 unspecified atom stereocenters. The molecule has 3 rings (SSSR count). The lowest BCUT2D eigenvalue weighted by atomic mass is 9.71. The van der Waals surface area contributed by atoms with E-state index in [9.17, 15) is 10.1 Å². The van der Waals surface area contributed by atoms with E-state index in [-0.39, 0.29) is 17.1 Å². The molecule has 1 amide bonds. The molecule has 0 aliphatic heterocycles. The number of halogens is 2. The number of fused-ring (bicyclic) bond motifs is 1. The molecule has 1 aromatic heterocycles. The molecule has 0 saturated carbocycles. The van der Waals surface area contributed by atoms with Crippen LogP contribution in [-0.2, 0) is 17.6 Å². The van der Waals surface area contributed by atoms with Crippen molar-refractivity contribution in [3.05, 3.63) is 51.1 Å². The Kier molecular flexibility index (Phi) is 6.78. The number of para-hydroxylation sites is 1. The zero-order chi connectivity index (χ0) is 21.2. The summed E-state index contributed by atoms with van der Waals surface area (Å²) in [5.74, 6) is 0.446. The molecule has 2 aromatic rings. The molecule has 7 heteroatoms. The van der Waals surface area contributed by atoms with Gasteiger partial charge in [0.15, 0.2) is 0 Å². The van der Waals surface area contributed by atoms with Crippen LogP contribution in [0.2, 0.25) is 10.0 Å². The molecular formula is C22H23Cl2N3OS.